The Kier molecular flexibility index (Phi) is 3.89. The maximum atomic E-state index is 11.5. The van der Waals surface area contributed by atoms with E-state index in [1.165, 1.54) is 0 Å². The largest absolute Gasteiger partial charge is 0.447 e. The van der Waals surface area contributed by atoms with Crippen molar-refractivity contribution in [3.63, 3.8) is 0 Å². The van der Waals surface area contributed by atoms with Gasteiger partial charge in [-0.25, -0.2) is 4.79 Å². The Labute approximate surface area is 102 Å². The topological polar surface area (TPSA) is 53.0 Å². The normalized spacial score (nSPS) is 30.4. The number of rotatable bonds is 4. The van der Waals surface area contributed by atoms with Crippen molar-refractivity contribution in [3.05, 3.63) is 0 Å². The van der Waals surface area contributed by atoms with Crippen molar-refractivity contribution >= 4 is 6.09 Å². The van der Waals surface area contributed by atoms with Crippen LogP contribution in [0.1, 0.15) is 20.3 Å². The first-order chi connectivity index (χ1) is 8.11. The molecule has 0 saturated carbocycles. The van der Waals surface area contributed by atoms with E-state index in [4.69, 9.17) is 4.74 Å². The van der Waals surface area contributed by atoms with Crippen LogP contribution in [0.4, 0.5) is 4.79 Å². The highest BCUT2D eigenvalue weighted by molar-refractivity contribution is 5.70. The minimum atomic E-state index is -0.271. The SMILES string of the molecule is CC(C)N1CCC(CN2C(=O)OCC2CO)C1. The zero-order valence-corrected chi connectivity index (χ0v) is 10.6. The zero-order valence-electron chi connectivity index (χ0n) is 10.6. The van der Waals surface area contributed by atoms with E-state index in [9.17, 15) is 9.90 Å². The van der Waals surface area contributed by atoms with Gasteiger partial charge in [-0.15, -0.1) is 0 Å². The van der Waals surface area contributed by atoms with Crippen LogP contribution in [-0.4, -0.2) is 65.9 Å². The Balaban J connectivity index is 1.87. The number of nitrogens with zero attached hydrogens (tertiary/aromatic N) is 2. The van der Waals surface area contributed by atoms with Crippen LogP contribution in [0.2, 0.25) is 0 Å². The first kappa shape index (κ1) is 12.6. The smallest absolute Gasteiger partial charge is 0.410 e. The van der Waals surface area contributed by atoms with Gasteiger partial charge in [0, 0.05) is 19.1 Å². The second-order valence-electron chi connectivity index (χ2n) is 5.31. The van der Waals surface area contributed by atoms with Gasteiger partial charge < -0.3 is 14.7 Å². The molecular weight excluding hydrogens is 220 g/mol. The Hall–Kier alpha value is -0.810. The van der Waals surface area contributed by atoms with Gasteiger partial charge in [0.05, 0.1) is 12.6 Å². The highest BCUT2D eigenvalue weighted by atomic mass is 16.6. The number of amides is 1. The summed E-state index contributed by atoms with van der Waals surface area (Å²) in [6.45, 7) is 7.58. The quantitative estimate of drug-likeness (QED) is 0.781. The lowest BCUT2D eigenvalue weighted by Crippen LogP contribution is -2.40. The number of hydrogen-bond donors (Lipinski definition) is 1. The number of hydrogen-bond acceptors (Lipinski definition) is 4. The standard InChI is InChI=1S/C12H22N2O3/c1-9(2)13-4-3-10(5-13)6-14-11(7-15)8-17-12(14)16/h9-11,15H,3-8H2,1-2H3. The zero-order chi connectivity index (χ0) is 12.4. The number of carbonyl (C=O) groups excluding carboxylic acids is 1. The van der Waals surface area contributed by atoms with Crippen LogP contribution >= 0.6 is 0 Å². The summed E-state index contributed by atoms with van der Waals surface area (Å²) >= 11 is 0. The van der Waals surface area contributed by atoms with E-state index in [1.54, 1.807) is 4.90 Å². The van der Waals surface area contributed by atoms with Crippen LogP contribution in [0.25, 0.3) is 0 Å². The molecule has 0 aromatic heterocycles. The summed E-state index contributed by atoms with van der Waals surface area (Å²) in [5, 5.41) is 9.18. The third kappa shape index (κ3) is 2.72. The van der Waals surface area contributed by atoms with Crippen LogP contribution < -0.4 is 0 Å². The average molecular weight is 242 g/mol. The molecule has 98 valence electrons. The monoisotopic (exact) mass is 242 g/mol. The molecule has 0 aromatic carbocycles. The van der Waals surface area contributed by atoms with E-state index >= 15 is 0 Å². The molecule has 17 heavy (non-hydrogen) atoms. The first-order valence-electron chi connectivity index (χ1n) is 6.40. The van der Waals surface area contributed by atoms with Gasteiger partial charge in [0.2, 0.25) is 0 Å². The van der Waals surface area contributed by atoms with Gasteiger partial charge in [0.15, 0.2) is 0 Å². The van der Waals surface area contributed by atoms with Crippen LogP contribution in [-0.2, 0) is 4.74 Å². The molecule has 2 aliphatic rings. The Morgan fingerprint density at radius 2 is 2.29 bits per heavy atom. The molecule has 2 unspecified atom stereocenters. The molecule has 2 fully saturated rings. The van der Waals surface area contributed by atoms with Crippen LogP contribution in [0.3, 0.4) is 0 Å². The summed E-state index contributed by atoms with van der Waals surface area (Å²) < 4.78 is 4.97. The highest BCUT2D eigenvalue weighted by Crippen LogP contribution is 2.22. The summed E-state index contributed by atoms with van der Waals surface area (Å²) in [5.74, 6) is 0.511. The predicted octanol–water partition coefficient (Wildman–Crippen LogP) is 0.530. The number of aliphatic hydroxyl groups excluding tert-OH is 1. The summed E-state index contributed by atoms with van der Waals surface area (Å²) in [6, 6.07) is 0.426. The highest BCUT2D eigenvalue weighted by Gasteiger charge is 2.35. The lowest BCUT2D eigenvalue weighted by Gasteiger charge is -2.24. The third-order valence-corrected chi connectivity index (χ3v) is 3.79. The molecule has 0 radical (unpaired) electrons. The predicted molar refractivity (Wildman–Crippen MR) is 63.7 cm³/mol. The van der Waals surface area contributed by atoms with Gasteiger partial charge in [-0.05, 0) is 32.7 Å². The van der Waals surface area contributed by atoms with Gasteiger partial charge in [0.1, 0.15) is 6.61 Å². The molecule has 0 bridgehead atoms. The van der Waals surface area contributed by atoms with Crippen molar-refractivity contribution in [2.75, 3.05) is 32.8 Å². The van der Waals surface area contributed by atoms with Gasteiger partial charge in [-0.3, -0.25) is 4.90 Å². The Morgan fingerprint density at radius 3 is 2.88 bits per heavy atom. The van der Waals surface area contributed by atoms with Crippen molar-refractivity contribution in [2.24, 2.45) is 5.92 Å². The summed E-state index contributed by atoms with van der Waals surface area (Å²) in [4.78, 5) is 15.6. The maximum absolute atomic E-state index is 11.5. The molecular formula is C12H22N2O3. The summed E-state index contributed by atoms with van der Waals surface area (Å²) in [7, 11) is 0. The van der Waals surface area contributed by atoms with E-state index < -0.39 is 0 Å². The molecule has 2 heterocycles. The second-order valence-corrected chi connectivity index (χ2v) is 5.31. The summed E-state index contributed by atoms with van der Waals surface area (Å²) in [6.07, 6.45) is 0.854. The number of likely N-dealkylation sites (tertiary alicyclic amines) is 1. The van der Waals surface area contributed by atoms with Gasteiger partial charge in [-0.2, -0.15) is 0 Å². The molecule has 0 aromatic rings. The van der Waals surface area contributed by atoms with Crippen molar-refractivity contribution in [1.82, 2.24) is 9.80 Å². The first-order valence-corrected chi connectivity index (χ1v) is 6.40. The van der Waals surface area contributed by atoms with Gasteiger partial charge in [-0.1, -0.05) is 0 Å². The van der Waals surface area contributed by atoms with E-state index in [-0.39, 0.29) is 18.7 Å². The molecule has 2 atom stereocenters. The van der Waals surface area contributed by atoms with Crippen molar-refractivity contribution in [2.45, 2.75) is 32.4 Å². The number of aliphatic hydroxyl groups is 1. The fourth-order valence-electron chi connectivity index (χ4n) is 2.62. The Morgan fingerprint density at radius 1 is 1.53 bits per heavy atom. The molecule has 1 N–H and O–H groups in total. The summed E-state index contributed by atoms with van der Waals surface area (Å²) in [5.41, 5.74) is 0. The molecule has 0 aliphatic carbocycles. The minimum absolute atomic E-state index is 0.00758. The molecule has 0 spiro atoms. The van der Waals surface area contributed by atoms with Gasteiger partial charge in [0.25, 0.3) is 0 Å². The van der Waals surface area contributed by atoms with E-state index in [0.29, 0.717) is 25.1 Å². The number of carbonyl (C=O) groups is 1. The number of ether oxygens (including phenoxy) is 1. The van der Waals surface area contributed by atoms with Crippen LogP contribution in [0.5, 0.6) is 0 Å². The van der Waals surface area contributed by atoms with Gasteiger partial charge >= 0.3 is 6.09 Å². The second kappa shape index (κ2) is 5.23. The van der Waals surface area contributed by atoms with Crippen molar-refractivity contribution < 1.29 is 14.6 Å². The molecule has 1 amide bonds. The van der Waals surface area contributed by atoms with E-state index in [1.807, 2.05) is 0 Å². The van der Waals surface area contributed by atoms with E-state index in [2.05, 4.69) is 18.7 Å². The molecule has 5 nitrogen and oxygen atoms in total. The maximum Gasteiger partial charge on any atom is 0.410 e. The van der Waals surface area contributed by atoms with Crippen LogP contribution in [0.15, 0.2) is 0 Å². The fraction of sp³-hybridized carbons (Fsp3) is 0.917. The lowest BCUT2D eigenvalue weighted by atomic mass is 10.1. The Bertz CT molecular complexity index is 283. The molecule has 2 aliphatic heterocycles. The minimum Gasteiger partial charge on any atom is -0.447 e. The average Bonchev–Trinajstić information content (AvgIpc) is 2.88. The molecule has 2 saturated heterocycles. The fourth-order valence-corrected chi connectivity index (χ4v) is 2.62. The number of cyclic esters (lactones) is 1. The molecule has 2 rings (SSSR count). The molecule has 5 heteroatoms. The van der Waals surface area contributed by atoms with Crippen molar-refractivity contribution in [3.8, 4) is 0 Å². The van der Waals surface area contributed by atoms with Crippen molar-refractivity contribution in [1.29, 1.82) is 0 Å². The van der Waals surface area contributed by atoms with E-state index in [0.717, 1.165) is 19.5 Å². The van der Waals surface area contributed by atoms with Crippen LogP contribution in [0, 0.1) is 5.92 Å². The third-order valence-electron chi connectivity index (χ3n) is 3.79. The lowest BCUT2D eigenvalue weighted by molar-refractivity contribution is 0.143.